The standard InChI is InChI=1S/C26H33Si.3ClH.Ti/c1-7-8-10-23-11-9-12-26(23)27(6,24-15-19(2)13-20(3)16-24)25-17-21(4)14-22(5)18-25;;;;/h11,13-18H,7-10H2,1-6H3;3*1H;/q-1;;;;+4/p-3. The molecule has 166 valence electrons. The largest absolute Gasteiger partial charge is 4.00 e. The van der Waals surface area contributed by atoms with E-state index in [0.29, 0.717) is 0 Å². The van der Waals surface area contributed by atoms with Gasteiger partial charge in [-0.15, -0.1) is 6.42 Å². The average molecular weight is 528 g/mol. The Kier molecular flexibility index (Phi) is 14.9. The average Bonchev–Trinajstić information content (AvgIpc) is 3.06. The van der Waals surface area contributed by atoms with Crippen LogP contribution in [0, 0.1) is 33.8 Å². The van der Waals surface area contributed by atoms with Crippen molar-refractivity contribution in [3.05, 3.63) is 81.6 Å². The van der Waals surface area contributed by atoms with Crippen molar-refractivity contribution in [2.45, 2.75) is 66.8 Å². The second kappa shape index (κ2) is 14.1. The van der Waals surface area contributed by atoms with Crippen molar-refractivity contribution < 1.29 is 58.9 Å². The Bertz CT molecular complexity index is 827. The number of aryl methyl sites for hydroxylation is 4. The molecule has 2 aromatic carbocycles. The van der Waals surface area contributed by atoms with Gasteiger partial charge in [-0.2, -0.15) is 6.08 Å². The van der Waals surface area contributed by atoms with E-state index in [1.54, 1.807) is 5.57 Å². The van der Waals surface area contributed by atoms with E-state index in [-0.39, 0.29) is 58.9 Å². The molecule has 0 saturated heterocycles. The molecular weight excluding hydrogens is 495 g/mol. The van der Waals surface area contributed by atoms with Gasteiger partial charge in [0.05, 0.1) is 0 Å². The van der Waals surface area contributed by atoms with E-state index in [1.165, 1.54) is 57.1 Å². The summed E-state index contributed by atoms with van der Waals surface area (Å²) in [6.07, 6.45) is 10.9. The molecule has 0 unspecified atom stereocenters. The molecule has 0 spiro atoms. The third kappa shape index (κ3) is 7.36. The minimum atomic E-state index is -2.07. The molecule has 0 saturated carbocycles. The third-order valence-corrected chi connectivity index (χ3v) is 10.2. The van der Waals surface area contributed by atoms with Gasteiger partial charge < -0.3 is 37.2 Å². The van der Waals surface area contributed by atoms with E-state index >= 15 is 0 Å². The van der Waals surface area contributed by atoms with E-state index in [2.05, 4.69) is 89.7 Å². The molecular formula is C26H33Cl3SiTi. The van der Waals surface area contributed by atoms with Crippen molar-refractivity contribution in [3.63, 3.8) is 0 Å². The number of hydrogen-bond donors (Lipinski definition) is 0. The van der Waals surface area contributed by atoms with Crippen LogP contribution in [0.1, 0.15) is 54.9 Å². The maximum Gasteiger partial charge on any atom is 4.00 e. The van der Waals surface area contributed by atoms with Crippen molar-refractivity contribution in [1.29, 1.82) is 0 Å². The van der Waals surface area contributed by atoms with Crippen molar-refractivity contribution >= 4 is 18.4 Å². The first-order valence-electron chi connectivity index (χ1n) is 10.3. The Hall–Kier alpha value is -0.279. The molecule has 1 aliphatic carbocycles. The Balaban J connectivity index is 0. The summed E-state index contributed by atoms with van der Waals surface area (Å²) in [4.78, 5) is 0. The van der Waals surface area contributed by atoms with Crippen LogP contribution < -0.4 is 47.6 Å². The molecule has 0 bridgehead atoms. The maximum atomic E-state index is 3.82. The van der Waals surface area contributed by atoms with Gasteiger partial charge in [0.25, 0.3) is 0 Å². The van der Waals surface area contributed by atoms with Gasteiger partial charge in [-0.05, 0) is 27.7 Å². The van der Waals surface area contributed by atoms with E-state index < -0.39 is 8.07 Å². The molecule has 0 fully saturated rings. The van der Waals surface area contributed by atoms with Gasteiger partial charge in [0.15, 0.2) is 0 Å². The molecule has 3 rings (SSSR count). The first-order valence-corrected chi connectivity index (χ1v) is 12.8. The van der Waals surface area contributed by atoms with Crippen LogP contribution in [-0.4, -0.2) is 8.07 Å². The zero-order valence-corrected chi connectivity index (χ0v) is 24.3. The minimum Gasteiger partial charge on any atom is -1.00 e. The fraction of sp³-hybridized carbons (Fsp3) is 0.385. The Morgan fingerprint density at radius 1 is 0.774 bits per heavy atom. The number of benzene rings is 2. The fourth-order valence-corrected chi connectivity index (χ4v) is 8.87. The zero-order valence-electron chi connectivity index (χ0n) is 19.5. The van der Waals surface area contributed by atoms with Gasteiger partial charge in [-0.1, -0.05) is 102 Å². The normalized spacial score (nSPS) is 12.5. The van der Waals surface area contributed by atoms with Crippen LogP contribution in [0.5, 0.6) is 0 Å². The van der Waals surface area contributed by atoms with Gasteiger partial charge in [-0.3, -0.25) is 6.08 Å². The van der Waals surface area contributed by atoms with E-state index in [0.717, 1.165) is 6.42 Å². The zero-order chi connectivity index (χ0) is 19.6. The first-order chi connectivity index (χ1) is 12.8. The van der Waals surface area contributed by atoms with E-state index in [4.69, 9.17) is 0 Å². The molecule has 0 atom stereocenters. The number of unbranched alkanes of at least 4 members (excludes halogenated alkanes) is 1. The van der Waals surface area contributed by atoms with Crippen LogP contribution in [-0.2, 0) is 21.7 Å². The Morgan fingerprint density at radius 2 is 1.19 bits per heavy atom. The monoisotopic (exact) mass is 526 g/mol. The van der Waals surface area contributed by atoms with Gasteiger partial charge in [0.2, 0.25) is 0 Å². The number of allylic oxidation sites excluding steroid dienone is 4. The molecule has 0 heterocycles. The number of hydrogen-bond acceptors (Lipinski definition) is 0. The predicted molar refractivity (Wildman–Crippen MR) is 122 cm³/mol. The fourth-order valence-electron chi connectivity index (χ4n) is 4.57. The molecule has 0 radical (unpaired) electrons. The Morgan fingerprint density at radius 3 is 1.58 bits per heavy atom. The molecule has 5 heteroatoms. The molecule has 0 N–H and O–H groups in total. The summed E-state index contributed by atoms with van der Waals surface area (Å²) in [5.74, 6) is 0. The molecule has 2 aromatic rings. The molecule has 0 aliphatic heterocycles. The van der Waals surface area contributed by atoms with Crippen LogP contribution >= 0.6 is 0 Å². The topological polar surface area (TPSA) is 0 Å². The van der Waals surface area contributed by atoms with Gasteiger partial charge in [0, 0.05) is 0 Å². The van der Waals surface area contributed by atoms with Crippen molar-refractivity contribution in [2.24, 2.45) is 0 Å². The first kappa shape index (κ1) is 32.9. The van der Waals surface area contributed by atoms with Crippen LogP contribution in [0.3, 0.4) is 0 Å². The van der Waals surface area contributed by atoms with Gasteiger partial charge in [0.1, 0.15) is 8.07 Å². The van der Waals surface area contributed by atoms with Crippen LogP contribution in [0.4, 0.5) is 0 Å². The molecule has 0 aromatic heterocycles. The van der Waals surface area contributed by atoms with Crippen molar-refractivity contribution in [1.82, 2.24) is 0 Å². The summed E-state index contributed by atoms with van der Waals surface area (Å²) in [6, 6.07) is 14.3. The number of halogens is 3. The summed E-state index contributed by atoms with van der Waals surface area (Å²) in [7, 11) is -2.07. The van der Waals surface area contributed by atoms with Crippen LogP contribution in [0.25, 0.3) is 0 Å². The third-order valence-electron chi connectivity index (χ3n) is 5.85. The summed E-state index contributed by atoms with van der Waals surface area (Å²) < 4.78 is 0. The summed E-state index contributed by atoms with van der Waals surface area (Å²) >= 11 is 0. The van der Waals surface area contributed by atoms with Gasteiger partial charge in [-0.25, -0.2) is 10.8 Å². The van der Waals surface area contributed by atoms with Crippen LogP contribution in [0.15, 0.2) is 53.2 Å². The SMILES string of the molecule is CCCCC1=CC[C-]=C1[Si](C)(c1cc(C)cc(C)c1)c1cc(C)cc(C)c1.[Cl-].[Cl-].[Cl-].[Ti+4]. The number of rotatable bonds is 6. The smallest absolute Gasteiger partial charge is 1.00 e. The minimum absolute atomic E-state index is 0. The van der Waals surface area contributed by atoms with E-state index in [1.807, 2.05) is 0 Å². The molecule has 1 aliphatic rings. The summed E-state index contributed by atoms with van der Waals surface area (Å²) in [5, 5.41) is 4.58. The molecule has 0 amide bonds. The maximum absolute atomic E-state index is 3.82. The van der Waals surface area contributed by atoms with E-state index in [9.17, 15) is 0 Å². The summed E-state index contributed by atoms with van der Waals surface area (Å²) in [5.41, 5.74) is 7.03. The second-order valence-electron chi connectivity index (χ2n) is 8.47. The Labute approximate surface area is 224 Å². The quantitative estimate of drug-likeness (QED) is 0.276. The van der Waals surface area contributed by atoms with Gasteiger partial charge >= 0.3 is 21.7 Å². The second-order valence-corrected chi connectivity index (χ2v) is 12.4. The van der Waals surface area contributed by atoms with Crippen molar-refractivity contribution in [3.8, 4) is 0 Å². The molecule has 0 nitrogen and oxygen atoms in total. The van der Waals surface area contributed by atoms with Crippen LogP contribution in [0.2, 0.25) is 6.55 Å². The summed E-state index contributed by atoms with van der Waals surface area (Å²) in [6.45, 7) is 13.7. The predicted octanol–water partition coefficient (Wildman–Crippen LogP) is -3.09. The van der Waals surface area contributed by atoms with Crippen molar-refractivity contribution in [2.75, 3.05) is 0 Å². The molecule has 31 heavy (non-hydrogen) atoms.